The van der Waals surface area contributed by atoms with Gasteiger partial charge in [-0.05, 0) is 43.2 Å². The number of amides is 1. The summed E-state index contributed by atoms with van der Waals surface area (Å²) in [5.74, 6) is -0.241. The number of alkyl halides is 1. The Balaban J connectivity index is 1.75. The third kappa shape index (κ3) is 2.95. The van der Waals surface area contributed by atoms with Gasteiger partial charge in [-0.25, -0.2) is 18.7 Å². The summed E-state index contributed by atoms with van der Waals surface area (Å²) in [5.41, 5.74) is 1.67. The first kappa shape index (κ1) is 17.9. The van der Waals surface area contributed by atoms with Crippen LogP contribution >= 0.6 is 0 Å². The molecule has 0 bridgehead atoms. The van der Waals surface area contributed by atoms with Crippen LogP contribution in [0.25, 0.3) is 16.7 Å². The third-order valence-electron chi connectivity index (χ3n) is 5.09. The van der Waals surface area contributed by atoms with Gasteiger partial charge in [-0.2, -0.15) is 5.26 Å². The number of nitrogens with zero attached hydrogens (tertiary/aromatic N) is 5. The second-order valence-corrected chi connectivity index (χ2v) is 6.86. The number of rotatable bonds is 2. The maximum atomic E-state index is 13.3. The Morgan fingerprint density at radius 3 is 2.57 bits per heavy atom. The summed E-state index contributed by atoms with van der Waals surface area (Å²) in [5, 5.41) is 9.28. The van der Waals surface area contributed by atoms with Crippen molar-refractivity contribution in [2.24, 2.45) is 7.05 Å². The van der Waals surface area contributed by atoms with Crippen molar-refractivity contribution in [1.29, 1.82) is 5.26 Å². The molecule has 7 nitrogen and oxygen atoms in total. The third-order valence-corrected chi connectivity index (χ3v) is 5.09. The number of carbonyl (C=O) groups is 1. The first-order valence-corrected chi connectivity index (χ1v) is 9.01. The van der Waals surface area contributed by atoms with Crippen LogP contribution in [0.2, 0.25) is 0 Å². The molecule has 1 aliphatic heterocycles. The zero-order valence-electron chi connectivity index (χ0n) is 15.3. The average Bonchev–Trinajstić information content (AvgIpc) is 2.98. The molecule has 0 N–H and O–H groups in total. The second-order valence-electron chi connectivity index (χ2n) is 6.86. The number of nitriles is 1. The number of piperidine rings is 1. The number of carbonyl (C=O) groups excluding carboxylic acids is 1. The minimum absolute atomic E-state index is 0.241. The maximum Gasteiger partial charge on any atom is 0.276 e. The van der Waals surface area contributed by atoms with Crippen LogP contribution in [0, 0.1) is 11.3 Å². The summed E-state index contributed by atoms with van der Waals surface area (Å²) in [6.07, 6.45) is 1.25. The molecule has 28 heavy (non-hydrogen) atoms. The molecule has 0 saturated carbocycles. The first-order valence-electron chi connectivity index (χ1n) is 9.01. The van der Waals surface area contributed by atoms with Gasteiger partial charge in [0, 0.05) is 26.3 Å². The van der Waals surface area contributed by atoms with Crippen LogP contribution in [-0.2, 0) is 7.05 Å². The Morgan fingerprint density at radius 1 is 1.25 bits per heavy atom. The van der Waals surface area contributed by atoms with Crippen LogP contribution in [0.4, 0.5) is 4.39 Å². The van der Waals surface area contributed by atoms with Crippen molar-refractivity contribution in [3.8, 4) is 11.8 Å². The summed E-state index contributed by atoms with van der Waals surface area (Å²) in [4.78, 5) is 31.4. The SMILES string of the molecule is Cn1c(=O)c2cc(C(=O)N3CCC(F)CC3)cnc2n1-c1ccc(C#N)cc1. The summed E-state index contributed by atoms with van der Waals surface area (Å²) >= 11 is 0. The van der Waals surface area contributed by atoms with Crippen LogP contribution in [0.1, 0.15) is 28.8 Å². The van der Waals surface area contributed by atoms with E-state index in [9.17, 15) is 14.0 Å². The van der Waals surface area contributed by atoms with Crippen LogP contribution in [0.3, 0.4) is 0 Å². The summed E-state index contributed by atoms with van der Waals surface area (Å²) < 4.78 is 16.4. The minimum atomic E-state index is -0.863. The molecule has 4 rings (SSSR count). The molecule has 0 spiro atoms. The largest absolute Gasteiger partial charge is 0.338 e. The zero-order chi connectivity index (χ0) is 19.8. The molecule has 0 atom stereocenters. The Hall–Kier alpha value is -3.47. The van der Waals surface area contributed by atoms with Gasteiger partial charge < -0.3 is 4.90 Å². The molecule has 3 aromatic rings. The zero-order valence-corrected chi connectivity index (χ0v) is 15.3. The molecule has 0 aliphatic carbocycles. The first-order chi connectivity index (χ1) is 13.5. The number of likely N-dealkylation sites (tertiary alicyclic amines) is 1. The number of halogens is 1. The average molecular weight is 379 g/mol. The maximum absolute atomic E-state index is 13.3. The lowest BCUT2D eigenvalue weighted by Gasteiger charge is -2.28. The molecule has 1 amide bonds. The standard InChI is InChI=1S/C20H18FN5O2/c1-24-20(28)17-10-14(19(27)25-8-6-15(21)7-9-25)12-23-18(17)26(24)16-4-2-13(11-22)3-5-16/h2-5,10,12,15H,6-9H2,1H3. The van der Waals surface area contributed by atoms with Gasteiger partial charge in [0.1, 0.15) is 6.17 Å². The lowest BCUT2D eigenvalue weighted by Crippen LogP contribution is -2.39. The highest BCUT2D eigenvalue weighted by atomic mass is 19.1. The summed E-state index contributed by atoms with van der Waals surface area (Å²) in [6.45, 7) is 0.727. The van der Waals surface area contributed by atoms with Gasteiger partial charge in [0.15, 0.2) is 5.65 Å². The topological polar surface area (TPSA) is 83.9 Å². The van der Waals surface area contributed by atoms with E-state index in [0.29, 0.717) is 53.8 Å². The Bertz CT molecular complexity index is 1150. The molecule has 8 heteroatoms. The predicted molar refractivity (Wildman–Crippen MR) is 101 cm³/mol. The van der Waals surface area contributed by atoms with Crippen molar-refractivity contribution in [2.75, 3.05) is 13.1 Å². The van der Waals surface area contributed by atoms with E-state index in [4.69, 9.17) is 5.26 Å². The lowest BCUT2D eigenvalue weighted by atomic mass is 10.1. The van der Waals surface area contributed by atoms with Crippen molar-refractivity contribution in [2.45, 2.75) is 19.0 Å². The van der Waals surface area contributed by atoms with E-state index in [2.05, 4.69) is 11.1 Å². The van der Waals surface area contributed by atoms with E-state index in [1.54, 1.807) is 47.0 Å². The molecule has 0 unspecified atom stereocenters. The van der Waals surface area contributed by atoms with E-state index in [0.717, 1.165) is 0 Å². The van der Waals surface area contributed by atoms with Gasteiger partial charge in [-0.1, -0.05) is 0 Å². The molecular formula is C20H18FN5O2. The molecule has 3 heterocycles. The number of fused-ring (bicyclic) bond motifs is 1. The highest BCUT2D eigenvalue weighted by molar-refractivity contribution is 5.97. The quantitative estimate of drug-likeness (QED) is 0.683. The molecule has 142 valence electrons. The molecule has 2 aromatic heterocycles. The molecular weight excluding hydrogens is 361 g/mol. The normalized spacial score (nSPS) is 15.0. The molecule has 1 aromatic carbocycles. The van der Waals surface area contributed by atoms with Gasteiger partial charge in [-0.15, -0.1) is 0 Å². The van der Waals surface area contributed by atoms with E-state index in [1.807, 2.05) is 0 Å². The Kier molecular flexibility index (Phi) is 4.43. The van der Waals surface area contributed by atoms with Crippen molar-refractivity contribution in [1.82, 2.24) is 19.2 Å². The number of pyridine rings is 1. The van der Waals surface area contributed by atoms with Gasteiger partial charge in [0.2, 0.25) is 0 Å². The predicted octanol–water partition coefficient (Wildman–Crippen LogP) is 2.17. The molecule has 1 saturated heterocycles. The molecule has 1 aliphatic rings. The Labute approximate surface area is 160 Å². The highest BCUT2D eigenvalue weighted by Crippen LogP contribution is 2.20. The summed E-state index contributed by atoms with van der Waals surface area (Å²) in [7, 11) is 1.62. The fourth-order valence-electron chi connectivity index (χ4n) is 3.51. The van der Waals surface area contributed by atoms with Crippen molar-refractivity contribution < 1.29 is 9.18 Å². The van der Waals surface area contributed by atoms with Crippen molar-refractivity contribution in [3.63, 3.8) is 0 Å². The van der Waals surface area contributed by atoms with Crippen molar-refractivity contribution in [3.05, 3.63) is 58.0 Å². The molecule has 1 fully saturated rings. The number of hydrogen-bond acceptors (Lipinski definition) is 4. The van der Waals surface area contributed by atoms with Gasteiger partial charge >= 0.3 is 0 Å². The number of benzene rings is 1. The van der Waals surface area contributed by atoms with E-state index < -0.39 is 6.17 Å². The van der Waals surface area contributed by atoms with Crippen LogP contribution in [0.15, 0.2) is 41.3 Å². The summed E-state index contributed by atoms with van der Waals surface area (Å²) in [6, 6.07) is 10.4. The number of aromatic nitrogens is 3. The van der Waals surface area contributed by atoms with Gasteiger partial charge in [-0.3, -0.25) is 9.59 Å². The van der Waals surface area contributed by atoms with E-state index in [1.165, 1.54) is 10.9 Å². The fraction of sp³-hybridized carbons (Fsp3) is 0.300. The van der Waals surface area contributed by atoms with Crippen LogP contribution in [0.5, 0.6) is 0 Å². The Morgan fingerprint density at radius 2 is 1.93 bits per heavy atom. The lowest BCUT2D eigenvalue weighted by molar-refractivity contribution is 0.0667. The van der Waals surface area contributed by atoms with Gasteiger partial charge in [0.25, 0.3) is 11.5 Å². The second kappa shape index (κ2) is 6.93. The van der Waals surface area contributed by atoms with E-state index in [-0.39, 0.29) is 11.5 Å². The van der Waals surface area contributed by atoms with Crippen LogP contribution in [-0.4, -0.2) is 44.4 Å². The highest BCUT2D eigenvalue weighted by Gasteiger charge is 2.24. The van der Waals surface area contributed by atoms with Crippen LogP contribution < -0.4 is 5.56 Å². The molecule has 0 radical (unpaired) electrons. The van der Waals surface area contributed by atoms with Crippen molar-refractivity contribution >= 4 is 16.9 Å². The monoisotopic (exact) mass is 379 g/mol. The fourth-order valence-corrected chi connectivity index (χ4v) is 3.51. The number of hydrogen-bond donors (Lipinski definition) is 0. The smallest absolute Gasteiger partial charge is 0.276 e. The van der Waals surface area contributed by atoms with E-state index >= 15 is 0 Å². The minimum Gasteiger partial charge on any atom is -0.338 e. The van der Waals surface area contributed by atoms with Gasteiger partial charge in [0.05, 0.1) is 28.3 Å².